The number of aromatic nitrogens is 2. The number of carbonyl (C=O) groups is 2. The Morgan fingerprint density at radius 2 is 1.91 bits per heavy atom. The summed E-state index contributed by atoms with van der Waals surface area (Å²) in [6.07, 6.45) is 0. The van der Waals surface area contributed by atoms with Gasteiger partial charge in [-0.1, -0.05) is 47.5 Å². The lowest BCUT2D eigenvalue weighted by molar-refractivity contribution is -0.126. The molecular weight excluding hydrogens is 480 g/mol. The molecule has 0 spiro atoms. The van der Waals surface area contributed by atoms with Crippen LogP contribution >= 0.6 is 22.9 Å². The van der Waals surface area contributed by atoms with Crippen molar-refractivity contribution in [2.24, 2.45) is 0 Å². The zero-order chi connectivity index (χ0) is 24.7. The van der Waals surface area contributed by atoms with Crippen LogP contribution in [0.4, 0.5) is 5.69 Å². The highest BCUT2D eigenvalue weighted by Crippen LogP contribution is 2.36. The maximum absolute atomic E-state index is 13.9. The van der Waals surface area contributed by atoms with E-state index in [0.717, 1.165) is 32.9 Å². The van der Waals surface area contributed by atoms with E-state index in [1.165, 1.54) is 0 Å². The minimum atomic E-state index is -1.19. The second-order valence-corrected chi connectivity index (χ2v) is 10.4. The fourth-order valence-electron chi connectivity index (χ4n) is 4.54. The molecule has 0 aliphatic carbocycles. The molecule has 4 aromatic rings. The second kappa shape index (κ2) is 8.98. The van der Waals surface area contributed by atoms with Gasteiger partial charge in [-0.15, -0.1) is 11.3 Å². The number of benzene rings is 2. The van der Waals surface area contributed by atoms with E-state index >= 15 is 0 Å². The van der Waals surface area contributed by atoms with E-state index in [1.807, 2.05) is 67.8 Å². The molecule has 1 aliphatic rings. The Balaban J connectivity index is 1.55. The minimum Gasteiger partial charge on any atom is -0.350 e. The lowest BCUT2D eigenvalue weighted by Crippen LogP contribution is -2.64. The van der Waals surface area contributed by atoms with Gasteiger partial charge >= 0.3 is 0 Å². The van der Waals surface area contributed by atoms with Gasteiger partial charge in [0.05, 0.1) is 11.4 Å². The minimum absolute atomic E-state index is 0.235. The first-order valence-electron chi connectivity index (χ1n) is 11.3. The first-order chi connectivity index (χ1) is 16.8. The predicted octanol–water partition coefficient (Wildman–Crippen LogP) is 5.62. The number of anilines is 1. The standard InChI is InChI=1S/C27H25ClN4O2S/c1-17-6-11-22(18(2)13-17)32-25(33)23-14-21(24-5-4-12-35-24)30-31(23)16-27(32,3)26(34)29-15-19-7-9-20(28)10-8-19/h4-14H,15-16H2,1-3H3,(H,29,34). The van der Waals surface area contributed by atoms with Crippen LogP contribution in [-0.2, 0) is 17.9 Å². The molecule has 2 amide bonds. The number of amides is 2. The van der Waals surface area contributed by atoms with Crippen LogP contribution in [0.25, 0.3) is 10.6 Å². The summed E-state index contributed by atoms with van der Waals surface area (Å²) in [6, 6.07) is 19.0. The maximum Gasteiger partial charge on any atom is 0.277 e. The fourth-order valence-corrected chi connectivity index (χ4v) is 5.34. The van der Waals surface area contributed by atoms with Crippen molar-refractivity contribution in [1.82, 2.24) is 15.1 Å². The fraction of sp³-hybridized carbons (Fsp3) is 0.222. The molecule has 0 radical (unpaired) electrons. The zero-order valence-electron chi connectivity index (χ0n) is 19.7. The molecule has 0 saturated heterocycles. The highest BCUT2D eigenvalue weighted by atomic mass is 35.5. The average molecular weight is 505 g/mol. The van der Waals surface area contributed by atoms with E-state index in [9.17, 15) is 9.59 Å². The quantitative estimate of drug-likeness (QED) is 0.383. The number of fused-ring (bicyclic) bond motifs is 1. The molecule has 0 fully saturated rings. The third kappa shape index (κ3) is 4.26. The Morgan fingerprint density at radius 3 is 2.60 bits per heavy atom. The highest BCUT2D eigenvalue weighted by molar-refractivity contribution is 7.13. The van der Waals surface area contributed by atoms with E-state index < -0.39 is 5.54 Å². The van der Waals surface area contributed by atoms with Crippen LogP contribution in [0.15, 0.2) is 66.0 Å². The maximum atomic E-state index is 13.9. The number of hydrogen-bond acceptors (Lipinski definition) is 4. The van der Waals surface area contributed by atoms with E-state index in [-0.39, 0.29) is 18.4 Å². The van der Waals surface area contributed by atoms with E-state index in [1.54, 1.807) is 40.0 Å². The molecule has 3 heterocycles. The molecule has 1 atom stereocenters. The van der Waals surface area contributed by atoms with Crippen LogP contribution in [0.5, 0.6) is 0 Å². The Hall–Kier alpha value is -3.42. The number of nitrogens with zero attached hydrogens (tertiary/aromatic N) is 3. The van der Waals surface area contributed by atoms with E-state index in [4.69, 9.17) is 16.7 Å². The number of halogens is 1. The van der Waals surface area contributed by atoms with Gasteiger partial charge in [0.15, 0.2) is 0 Å². The first kappa shape index (κ1) is 23.3. The van der Waals surface area contributed by atoms with Gasteiger partial charge in [-0.25, -0.2) is 0 Å². The third-order valence-corrected chi connectivity index (χ3v) is 7.52. The van der Waals surface area contributed by atoms with Crippen LogP contribution in [0.3, 0.4) is 0 Å². The Bertz CT molecular complexity index is 1410. The molecule has 1 aliphatic heterocycles. The largest absolute Gasteiger partial charge is 0.350 e. The normalized spacial score (nSPS) is 17.4. The van der Waals surface area contributed by atoms with Crippen LogP contribution in [0.2, 0.25) is 5.02 Å². The highest BCUT2D eigenvalue weighted by Gasteiger charge is 2.49. The molecular formula is C27H25ClN4O2S. The summed E-state index contributed by atoms with van der Waals surface area (Å²) >= 11 is 7.56. The van der Waals surface area contributed by atoms with E-state index in [0.29, 0.717) is 17.3 Å². The summed E-state index contributed by atoms with van der Waals surface area (Å²) in [5.41, 5.74) is 3.68. The smallest absolute Gasteiger partial charge is 0.277 e. The molecule has 0 saturated carbocycles. The number of rotatable bonds is 5. The molecule has 2 aromatic carbocycles. The van der Waals surface area contributed by atoms with Gasteiger partial charge in [0.25, 0.3) is 5.91 Å². The Labute approximate surface area is 213 Å². The summed E-state index contributed by atoms with van der Waals surface area (Å²) in [4.78, 5) is 30.3. The molecule has 0 bridgehead atoms. The van der Waals surface area contributed by atoms with Gasteiger partial charge in [-0.05, 0) is 67.6 Å². The Kier molecular flexibility index (Phi) is 5.99. The number of aryl methyl sites for hydroxylation is 2. The van der Waals surface area contributed by atoms with Crippen molar-refractivity contribution in [3.8, 4) is 10.6 Å². The summed E-state index contributed by atoms with van der Waals surface area (Å²) in [7, 11) is 0. The molecule has 2 aromatic heterocycles. The molecule has 8 heteroatoms. The SMILES string of the molecule is Cc1ccc(N2C(=O)c3cc(-c4cccs4)nn3CC2(C)C(=O)NCc2ccc(Cl)cc2)c(C)c1. The van der Waals surface area contributed by atoms with Crippen molar-refractivity contribution in [3.63, 3.8) is 0 Å². The molecule has 1 unspecified atom stereocenters. The summed E-state index contributed by atoms with van der Waals surface area (Å²) in [5.74, 6) is -0.498. The van der Waals surface area contributed by atoms with Crippen molar-refractivity contribution >= 4 is 40.4 Å². The lowest BCUT2D eigenvalue weighted by atomic mass is 9.92. The third-order valence-electron chi connectivity index (χ3n) is 6.38. The van der Waals surface area contributed by atoms with Crippen molar-refractivity contribution in [3.05, 3.63) is 93.5 Å². The predicted molar refractivity (Wildman–Crippen MR) is 140 cm³/mol. The van der Waals surface area contributed by atoms with Crippen molar-refractivity contribution in [2.45, 2.75) is 39.4 Å². The Morgan fingerprint density at radius 1 is 1.14 bits per heavy atom. The number of hydrogen-bond donors (Lipinski definition) is 1. The van der Waals surface area contributed by atoms with Gasteiger partial charge < -0.3 is 5.32 Å². The molecule has 1 N–H and O–H groups in total. The molecule has 5 rings (SSSR count). The van der Waals surface area contributed by atoms with Gasteiger partial charge in [0, 0.05) is 17.3 Å². The topological polar surface area (TPSA) is 67.2 Å². The monoisotopic (exact) mass is 504 g/mol. The van der Waals surface area contributed by atoms with Crippen molar-refractivity contribution < 1.29 is 9.59 Å². The summed E-state index contributed by atoms with van der Waals surface area (Å²) in [6.45, 7) is 6.34. The van der Waals surface area contributed by atoms with Crippen LogP contribution in [-0.4, -0.2) is 27.1 Å². The summed E-state index contributed by atoms with van der Waals surface area (Å²) in [5, 5.41) is 10.3. The van der Waals surface area contributed by atoms with Gasteiger partial charge in [-0.3, -0.25) is 19.2 Å². The van der Waals surface area contributed by atoms with Crippen molar-refractivity contribution in [1.29, 1.82) is 0 Å². The number of nitrogens with one attached hydrogen (secondary N) is 1. The summed E-state index contributed by atoms with van der Waals surface area (Å²) < 4.78 is 1.67. The number of thiophene rings is 1. The van der Waals surface area contributed by atoms with Gasteiger partial charge in [-0.2, -0.15) is 5.10 Å². The van der Waals surface area contributed by atoms with Crippen LogP contribution in [0, 0.1) is 13.8 Å². The first-order valence-corrected chi connectivity index (χ1v) is 12.6. The molecule has 35 heavy (non-hydrogen) atoms. The van der Waals surface area contributed by atoms with Crippen LogP contribution < -0.4 is 10.2 Å². The average Bonchev–Trinajstić information content (AvgIpc) is 3.50. The number of carbonyl (C=O) groups excluding carboxylic acids is 2. The molecule has 6 nitrogen and oxygen atoms in total. The van der Waals surface area contributed by atoms with Gasteiger partial charge in [0.1, 0.15) is 16.9 Å². The second-order valence-electron chi connectivity index (χ2n) is 9.06. The van der Waals surface area contributed by atoms with E-state index in [2.05, 4.69) is 5.32 Å². The van der Waals surface area contributed by atoms with Crippen LogP contribution in [0.1, 0.15) is 34.1 Å². The lowest BCUT2D eigenvalue weighted by Gasteiger charge is -2.43. The zero-order valence-corrected chi connectivity index (χ0v) is 21.3. The molecule has 178 valence electrons. The van der Waals surface area contributed by atoms with Gasteiger partial charge in [0.2, 0.25) is 5.91 Å². The van der Waals surface area contributed by atoms with Crippen molar-refractivity contribution in [2.75, 3.05) is 4.90 Å².